The fourth-order valence-electron chi connectivity index (χ4n) is 3.16. The van der Waals surface area contributed by atoms with Crippen LogP contribution in [0.2, 0.25) is 0 Å². The molecule has 1 aromatic heterocycles. The smallest absolute Gasteiger partial charge is 0.385 e. The summed E-state index contributed by atoms with van der Waals surface area (Å²) in [6, 6.07) is 5.02. The Balaban J connectivity index is 1.55. The van der Waals surface area contributed by atoms with Crippen molar-refractivity contribution in [2.75, 3.05) is 19.6 Å². The van der Waals surface area contributed by atoms with Gasteiger partial charge in [-0.2, -0.15) is 13.2 Å². The predicted molar refractivity (Wildman–Crippen MR) is 83.4 cm³/mol. The van der Waals surface area contributed by atoms with Crippen molar-refractivity contribution < 1.29 is 18.3 Å². The highest BCUT2D eigenvalue weighted by molar-refractivity contribution is 5.30. The molecule has 0 unspecified atom stereocenters. The molecule has 0 aliphatic carbocycles. The summed E-state index contributed by atoms with van der Waals surface area (Å²) in [5.74, 6) is 0. The van der Waals surface area contributed by atoms with Crippen LogP contribution in [0.5, 0.6) is 0 Å². The topological polar surface area (TPSA) is 67.1 Å². The van der Waals surface area contributed by atoms with Gasteiger partial charge in [0, 0.05) is 19.6 Å². The minimum Gasteiger partial charge on any atom is -0.385 e. The van der Waals surface area contributed by atoms with E-state index in [0.717, 1.165) is 25.1 Å². The number of aryl methyl sites for hydroxylation is 1. The van der Waals surface area contributed by atoms with Crippen LogP contribution in [-0.2, 0) is 18.3 Å². The largest absolute Gasteiger partial charge is 0.416 e. The zero-order valence-electron chi connectivity index (χ0n) is 13.7. The lowest BCUT2D eigenvalue weighted by Crippen LogP contribution is -2.43. The average molecular weight is 355 g/mol. The van der Waals surface area contributed by atoms with Gasteiger partial charge in [0.25, 0.3) is 0 Å². The Bertz CT molecular complexity index is 681. The van der Waals surface area contributed by atoms with Crippen molar-refractivity contribution >= 4 is 0 Å². The summed E-state index contributed by atoms with van der Waals surface area (Å²) >= 11 is 0. The number of tetrazole rings is 1. The molecule has 2 aromatic rings. The van der Waals surface area contributed by atoms with Crippen molar-refractivity contribution in [3.05, 3.63) is 41.7 Å². The van der Waals surface area contributed by atoms with Crippen molar-refractivity contribution in [2.24, 2.45) is 0 Å². The van der Waals surface area contributed by atoms with E-state index in [1.807, 2.05) is 0 Å². The minimum atomic E-state index is -4.40. The molecule has 0 atom stereocenters. The van der Waals surface area contributed by atoms with Crippen LogP contribution in [0.3, 0.4) is 0 Å². The molecule has 1 aliphatic rings. The van der Waals surface area contributed by atoms with Crippen molar-refractivity contribution in [1.82, 2.24) is 25.1 Å². The van der Waals surface area contributed by atoms with E-state index in [-0.39, 0.29) is 0 Å². The molecule has 1 N–H and O–H groups in total. The van der Waals surface area contributed by atoms with Gasteiger partial charge in [0.1, 0.15) is 6.33 Å². The summed E-state index contributed by atoms with van der Waals surface area (Å²) in [6.07, 6.45) is -1.14. The van der Waals surface area contributed by atoms with E-state index in [4.69, 9.17) is 0 Å². The molecule has 6 nitrogen and oxygen atoms in total. The van der Waals surface area contributed by atoms with E-state index >= 15 is 0 Å². The van der Waals surface area contributed by atoms with Crippen LogP contribution in [0.25, 0.3) is 0 Å². The van der Waals surface area contributed by atoms with Crippen LogP contribution in [0, 0.1) is 0 Å². The van der Waals surface area contributed by atoms with Crippen molar-refractivity contribution in [2.45, 2.75) is 37.6 Å². The van der Waals surface area contributed by atoms with E-state index in [0.29, 0.717) is 38.0 Å². The summed E-state index contributed by atoms with van der Waals surface area (Å²) in [7, 11) is 0. The van der Waals surface area contributed by atoms with Gasteiger partial charge in [-0.3, -0.25) is 0 Å². The molecule has 1 fully saturated rings. The van der Waals surface area contributed by atoms with E-state index in [1.54, 1.807) is 17.1 Å². The van der Waals surface area contributed by atoms with Gasteiger partial charge < -0.3 is 10.0 Å². The number of nitrogens with zero attached hydrogens (tertiary/aromatic N) is 5. The van der Waals surface area contributed by atoms with Crippen molar-refractivity contribution in [3.63, 3.8) is 0 Å². The Hall–Kier alpha value is -2.00. The molecule has 136 valence electrons. The van der Waals surface area contributed by atoms with Gasteiger partial charge in [0.05, 0.1) is 11.2 Å². The van der Waals surface area contributed by atoms with Crippen LogP contribution in [0.15, 0.2) is 30.6 Å². The lowest BCUT2D eigenvalue weighted by Gasteiger charge is -2.38. The van der Waals surface area contributed by atoms with Crippen LogP contribution in [-0.4, -0.2) is 49.8 Å². The third-order valence-electron chi connectivity index (χ3n) is 4.66. The number of likely N-dealkylation sites (tertiary alicyclic amines) is 1. The summed E-state index contributed by atoms with van der Waals surface area (Å²) < 4.78 is 40.3. The number of rotatable bonds is 5. The van der Waals surface area contributed by atoms with Gasteiger partial charge in [-0.1, -0.05) is 12.1 Å². The fourth-order valence-corrected chi connectivity index (χ4v) is 3.16. The minimum absolute atomic E-state index is 0.343. The maximum Gasteiger partial charge on any atom is 0.416 e. The van der Waals surface area contributed by atoms with Gasteiger partial charge in [-0.25, -0.2) is 4.68 Å². The molecule has 1 aliphatic heterocycles. The number of alkyl halides is 3. The number of hydrogen-bond donors (Lipinski definition) is 1. The first-order chi connectivity index (χ1) is 11.9. The Morgan fingerprint density at radius 1 is 1.16 bits per heavy atom. The highest BCUT2D eigenvalue weighted by Crippen LogP contribution is 2.36. The number of halogens is 3. The molecule has 0 radical (unpaired) electrons. The number of hydrogen-bond acceptors (Lipinski definition) is 5. The molecule has 25 heavy (non-hydrogen) atoms. The second kappa shape index (κ2) is 7.09. The lowest BCUT2D eigenvalue weighted by molar-refractivity contribution is -0.137. The highest BCUT2D eigenvalue weighted by Gasteiger charge is 2.36. The summed E-state index contributed by atoms with van der Waals surface area (Å²) in [5, 5.41) is 21.7. The molecule has 0 saturated carbocycles. The molecular formula is C16H20F3N5O. The van der Waals surface area contributed by atoms with Gasteiger partial charge >= 0.3 is 6.18 Å². The van der Waals surface area contributed by atoms with E-state index in [2.05, 4.69) is 20.4 Å². The van der Waals surface area contributed by atoms with Gasteiger partial charge in [-0.05, 0) is 53.9 Å². The molecule has 0 bridgehead atoms. The first-order valence-corrected chi connectivity index (χ1v) is 8.20. The third kappa shape index (κ3) is 4.35. The quantitative estimate of drug-likeness (QED) is 0.889. The van der Waals surface area contributed by atoms with Crippen molar-refractivity contribution in [1.29, 1.82) is 0 Å². The third-order valence-corrected chi connectivity index (χ3v) is 4.66. The first-order valence-electron chi connectivity index (χ1n) is 8.20. The zero-order valence-corrected chi connectivity index (χ0v) is 13.7. The Morgan fingerprint density at radius 3 is 2.56 bits per heavy atom. The van der Waals surface area contributed by atoms with E-state index in [9.17, 15) is 18.3 Å². The zero-order chi connectivity index (χ0) is 17.9. The molecule has 0 amide bonds. The Labute approximate surface area is 143 Å². The van der Waals surface area contributed by atoms with E-state index < -0.39 is 17.3 Å². The Morgan fingerprint density at radius 2 is 1.92 bits per heavy atom. The second-order valence-corrected chi connectivity index (χ2v) is 6.38. The number of aliphatic hydroxyl groups is 1. The maximum atomic E-state index is 12.9. The monoisotopic (exact) mass is 355 g/mol. The normalized spacial score (nSPS) is 18.4. The second-order valence-electron chi connectivity index (χ2n) is 6.38. The highest BCUT2D eigenvalue weighted by atomic mass is 19.4. The molecule has 2 heterocycles. The summed E-state index contributed by atoms with van der Waals surface area (Å²) in [6.45, 7) is 2.82. The Kier molecular flexibility index (Phi) is 5.05. The molecular weight excluding hydrogens is 335 g/mol. The summed E-state index contributed by atoms with van der Waals surface area (Å²) in [4.78, 5) is 2.20. The summed E-state index contributed by atoms with van der Waals surface area (Å²) in [5.41, 5.74) is -1.58. The standard InChI is InChI=1S/C16H20F3N5O/c17-16(18,19)14-4-1-3-13(11-14)15(25)5-9-23(10-6-15)7-2-8-24-12-20-21-22-24/h1,3-4,11-12,25H,2,5-10H2. The van der Waals surface area contributed by atoms with Crippen LogP contribution < -0.4 is 0 Å². The van der Waals surface area contributed by atoms with Gasteiger partial charge in [-0.15, -0.1) is 5.10 Å². The van der Waals surface area contributed by atoms with Crippen LogP contribution in [0.1, 0.15) is 30.4 Å². The molecule has 0 spiro atoms. The maximum absolute atomic E-state index is 12.9. The number of piperidine rings is 1. The average Bonchev–Trinajstić information content (AvgIpc) is 3.10. The molecule has 1 saturated heterocycles. The van der Waals surface area contributed by atoms with Gasteiger partial charge in [0.2, 0.25) is 0 Å². The molecule has 1 aromatic carbocycles. The fraction of sp³-hybridized carbons (Fsp3) is 0.562. The number of aromatic nitrogens is 4. The number of benzene rings is 1. The molecule has 3 rings (SSSR count). The van der Waals surface area contributed by atoms with Crippen LogP contribution in [0.4, 0.5) is 13.2 Å². The van der Waals surface area contributed by atoms with Crippen molar-refractivity contribution in [3.8, 4) is 0 Å². The van der Waals surface area contributed by atoms with Gasteiger partial charge in [0.15, 0.2) is 0 Å². The SMILES string of the molecule is OC1(c2cccc(C(F)(F)F)c2)CCN(CCCn2cnnn2)CC1. The predicted octanol–water partition coefficient (Wildman–Crippen LogP) is 2.07. The first kappa shape index (κ1) is 17.8. The van der Waals surface area contributed by atoms with Crippen LogP contribution >= 0.6 is 0 Å². The lowest BCUT2D eigenvalue weighted by atomic mass is 9.83. The molecule has 9 heteroatoms. The van der Waals surface area contributed by atoms with E-state index in [1.165, 1.54) is 6.07 Å².